The minimum absolute atomic E-state index is 0.00448. The summed E-state index contributed by atoms with van der Waals surface area (Å²) >= 11 is 0. The van der Waals surface area contributed by atoms with E-state index in [0.717, 1.165) is 17.5 Å². The van der Waals surface area contributed by atoms with Gasteiger partial charge in [-0.3, -0.25) is 14.5 Å². The van der Waals surface area contributed by atoms with Gasteiger partial charge in [-0.1, -0.05) is 36.8 Å². The van der Waals surface area contributed by atoms with Crippen molar-refractivity contribution < 1.29 is 19.1 Å². The number of hydrogen-bond donors (Lipinski definition) is 1. The van der Waals surface area contributed by atoms with E-state index in [-0.39, 0.29) is 28.4 Å². The van der Waals surface area contributed by atoms with Gasteiger partial charge in [0.15, 0.2) is 16.9 Å². The van der Waals surface area contributed by atoms with E-state index < -0.39 is 6.04 Å². The van der Waals surface area contributed by atoms with E-state index in [2.05, 4.69) is 6.92 Å². The number of aromatic hydroxyl groups is 1. The molecule has 1 N–H and O–H groups in total. The first-order valence-corrected chi connectivity index (χ1v) is 11.4. The number of ether oxygens (including phenoxy) is 1. The molecule has 1 atom stereocenters. The zero-order chi connectivity index (χ0) is 24.0. The molecular formula is C28H25NO5. The van der Waals surface area contributed by atoms with Crippen LogP contribution in [0.5, 0.6) is 11.5 Å². The van der Waals surface area contributed by atoms with Crippen LogP contribution in [0.25, 0.3) is 11.0 Å². The number of carbonyl (C=O) groups is 1. The van der Waals surface area contributed by atoms with Crippen molar-refractivity contribution >= 4 is 22.6 Å². The molecule has 6 nitrogen and oxygen atoms in total. The van der Waals surface area contributed by atoms with Crippen LogP contribution in [0.3, 0.4) is 0 Å². The lowest BCUT2D eigenvalue weighted by molar-refractivity contribution is 0.0971. The number of aryl methyl sites for hydroxylation is 2. The highest BCUT2D eigenvalue weighted by Crippen LogP contribution is 2.43. The fourth-order valence-corrected chi connectivity index (χ4v) is 4.53. The largest absolute Gasteiger partial charge is 0.504 e. The zero-order valence-electron chi connectivity index (χ0n) is 19.3. The average molecular weight is 456 g/mol. The minimum atomic E-state index is -0.726. The second-order valence-corrected chi connectivity index (χ2v) is 8.43. The van der Waals surface area contributed by atoms with Crippen molar-refractivity contribution in [2.75, 3.05) is 11.5 Å². The van der Waals surface area contributed by atoms with Gasteiger partial charge in [-0.15, -0.1) is 0 Å². The lowest BCUT2D eigenvalue weighted by Crippen LogP contribution is -2.29. The van der Waals surface area contributed by atoms with Gasteiger partial charge in [-0.2, -0.15) is 0 Å². The lowest BCUT2D eigenvalue weighted by atomic mass is 9.97. The Morgan fingerprint density at radius 1 is 1.00 bits per heavy atom. The monoisotopic (exact) mass is 455 g/mol. The third-order valence-electron chi connectivity index (χ3n) is 6.25. The smallest absolute Gasteiger partial charge is 0.295 e. The molecule has 5 rings (SSSR count). The topological polar surface area (TPSA) is 80.0 Å². The van der Waals surface area contributed by atoms with Crippen molar-refractivity contribution in [2.24, 2.45) is 0 Å². The first-order chi connectivity index (χ1) is 16.4. The molecule has 0 spiro atoms. The summed E-state index contributed by atoms with van der Waals surface area (Å²) in [7, 11) is 0. The fraction of sp³-hybridized carbons (Fsp3) is 0.214. The number of phenols is 1. The van der Waals surface area contributed by atoms with Gasteiger partial charge >= 0.3 is 0 Å². The molecule has 0 radical (unpaired) electrons. The Balaban J connectivity index is 1.78. The molecule has 4 aromatic rings. The Kier molecular flexibility index (Phi) is 5.36. The van der Waals surface area contributed by atoms with Crippen molar-refractivity contribution in [1.82, 2.24) is 0 Å². The molecule has 0 fully saturated rings. The summed E-state index contributed by atoms with van der Waals surface area (Å²) in [6.45, 7) is 6.16. The van der Waals surface area contributed by atoms with Gasteiger partial charge in [0.05, 0.1) is 23.6 Å². The van der Waals surface area contributed by atoms with Crippen LogP contribution in [0.4, 0.5) is 5.69 Å². The molecule has 3 aromatic carbocycles. The lowest BCUT2D eigenvalue weighted by Gasteiger charge is -2.26. The van der Waals surface area contributed by atoms with Gasteiger partial charge in [-0.25, -0.2) is 0 Å². The van der Waals surface area contributed by atoms with E-state index in [1.54, 1.807) is 29.2 Å². The molecule has 0 bridgehead atoms. The Morgan fingerprint density at radius 3 is 2.47 bits per heavy atom. The highest BCUT2D eigenvalue weighted by molar-refractivity contribution is 6.10. The van der Waals surface area contributed by atoms with Crippen LogP contribution in [0.15, 0.2) is 69.9 Å². The summed E-state index contributed by atoms with van der Waals surface area (Å²) in [5.41, 5.74) is 3.80. The highest BCUT2D eigenvalue weighted by Gasteiger charge is 2.43. The fourth-order valence-electron chi connectivity index (χ4n) is 4.53. The maximum atomic E-state index is 13.7. The molecule has 1 aliphatic rings. The Hall–Kier alpha value is -4.06. The number of hydrogen-bond acceptors (Lipinski definition) is 5. The number of carbonyl (C=O) groups excluding carboxylic acids is 1. The number of benzene rings is 3. The van der Waals surface area contributed by atoms with Gasteiger partial charge in [0.1, 0.15) is 5.58 Å². The van der Waals surface area contributed by atoms with Crippen molar-refractivity contribution in [3.8, 4) is 11.5 Å². The van der Waals surface area contributed by atoms with Gasteiger partial charge in [0, 0.05) is 5.69 Å². The Morgan fingerprint density at radius 2 is 1.76 bits per heavy atom. The van der Waals surface area contributed by atoms with E-state index in [0.29, 0.717) is 34.6 Å². The van der Waals surface area contributed by atoms with Crippen LogP contribution < -0.4 is 15.1 Å². The van der Waals surface area contributed by atoms with Crippen molar-refractivity contribution in [2.45, 2.75) is 33.2 Å². The normalized spacial score (nSPS) is 15.1. The maximum absolute atomic E-state index is 13.7. The van der Waals surface area contributed by atoms with Crippen molar-refractivity contribution in [3.05, 3.63) is 98.9 Å². The maximum Gasteiger partial charge on any atom is 0.295 e. The minimum Gasteiger partial charge on any atom is -0.504 e. The molecule has 0 aliphatic carbocycles. The standard InChI is InChI=1S/C28H25NO5/c1-4-17-7-10-19(11-8-17)29-25(18-9-12-21(30)23(15-18)33-5-2)24-26(31)20-14-16(3)6-13-22(20)34-27(24)28(29)32/h6-15,25,30H,4-5H2,1-3H3. The Labute approximate surface area is 197 Å². The highest BCUT2D eigenvalue weighted by atomic mass is 16.5. The van der Waals surface area contributed by atoms with Crippen LogP contribution in [0.2, 0.25) is 0 Å². The van der Waals surface area contributed by atoms with Crippen molar-refractivity contribution in [3.63, 3.8) is 0 Å². The van der Waals surface area contributed by atoms with E-state index in [9.17, 15) is 14.7 Å². The molecular weight excluding hydrogens is 430 g/mol. The summed E-state index contributed by atoms with van der Waals surface area (Å²) in [6, 6.07) is 17.2. The quantitative estimate of drug-likeness (QED) is 0.429. The molecule has 6 heteroatoms. The van der Waals surface area contributed by atoms with Crippen LogP contribution in [0, 0.1) is 6.92 Å². The molecule has 0 saturated heterocycles. The van der Waals surface area contributed by atoms with Crippen molar-refractivity contribution in [1.29, 1.82) is 0 Å². The van der Waals surface area contributed by atoms with E-state index in [1.807, 2.05) is 44.2 Å². The molecule has 1 aromatic heterocycles. The van der Waals surface area contributed by atoms with E-state index in [4.69, 9.17) is 9.15 Å². The number of rotatable bonds is 5. The number of amides is 1. The summed E-state index contributed by atoms with van der Waals surface area (Å²) in [5, 5.41) is 10.7. The number of fused-ring (bicyclic) bond motifs is 2. The summed E-state index contributed by atoms with van der Waals surface area (Å²) in [6.07, 6.45) is 0.873. The van der Waals surface area contributed by atoms with E-state index >= 15 is 0 Å². The second-order valence-electron chi connectivity index (χ2n) is 8.43. The number of anilines is 1. The zero-order valence-corrected chi connectivity index (χ0v) is 19.3. The SMILES string of the molecule is CCOc1cc(C2c3c(oc4ccc(C)cc4c3=O)C(=O)N2c2ccc(CC)cc2)ccc1O. The summed E-state index contributed by atoms with van der Waals surface area (Å²) in [5.74, 6) is -0.0508. The van der Waals surface area contributed by atoms with Gasteiger partial charge < -0.3 is 14.3 Å². The molecule has 1 unspecified atom stereocenters. The summed E-state index contributed by atoms with van der Waals surface area (Å²) < 4.78 is 11.6. The predicted molar refractivity (Wildman–Crippen MR) is 131 cm³/mol. The van der Waals surface area contributed by atoms with Gasteiger partial charge in [-0.05, 0) is 67.8 Å². The molecule has 34 heavy (non-hydrogen) atoms. The van der Waals surface area contributed by atoms with E-state index in [1.165, 1.54) is 6.07 Å². The van der Waals surface area contributed by atoms with Gasteiger partial charge in [0.25, 0.3) is 5.91 Å². The van der Waals surface area contributed by atoms with Gasteiger partial charge in [0.2, 0.25) is 5.76 Å². The number of nitrogens with zero attached hydrogens (tertiary/aromatic N) is 1. The Bertz CT molecular complexity index is 1470. The molecule has 172 valence electrons. The third kappa shape index (κ3) is 3.43. The second kappa shape index (κ2) is 8.37. The predicted octanol–water partition coefficient (Wildman–Crippen LogP) is 5.52. The van der Waals surface area contributed by atoms with Crippen LogP contribution in [-0.2, 0) is 6.42 Å². The van der Waals surface area contributed by atoms with Crippen LogP contribution >= 0.6 is 0 Å². The first kappa shape index (κ1) is 21.8. The molecule has 1 aliphatic heterocycles. The average Bonchev–Trinajstić information content (AvgIpc) is 3.13. The number of phenolic OH excluding ortho intramolecular Hbond substituents is 1. The molecule has 2 heterocycles. The van der Waals surface area contributed by atoms with Crippen LogP contribution in [-0.4, -0.2) is 17.6 Å². The third-order valence-corrected chi connectivity index (χ3v) is 6.25. The summed E-state index contributed by atoms with van der Waals surface area (Å²) in [4.78, 5) is 29.0. The van der Waals surface area contributed by atoms with Crippen LogP contribution in [0.1, 0.15) is 52.7 Å². The molecule has 1 amide bonds. The molecule has 0 saturated carbocycles. The first-order valence-electron chi connectivity index (χ1n) is 11.4.